The fraction of sp³-hybridized carbons (Fsp3) is 0.600. The van der Waals surface area contributed by atoms with E-state index in [9.17, 15) is 4.79 Å². The number of rotatable bonds is 6. The number of aliphatic hydroxyl groups is 1. The standard InChI is InChI=1S/C10H17N3O2S/c1-8-12-9(7-16-8)5-13(2)6-10(15)11-3-4-14/h7,14H,3-6H2,1-2H3,(H,11,15). The van der Waals surface area contributed by atoms with Gasteiger partial charge in [0.2, 0.25) is 5.91 Å². The first-order chi connectivity index (χ1) is 7.61. The molecule has 1 heterocycles. The Bertz CT molecular complexity index is 341. The Hall–Kier alpha value is -0.980. The van der Waals surface area contributed by atoms with E-state index >= 15 is 0 Å². The van der Waals surface area contributed by atoms with E-state index in [0.29, 0.717) is 19.6 Å². The molecule has 0 aliphatic rings. The van der Waals surface area contributed by atoms with Gasteiger partial charge in [-0.3, -0.25) is 9.69 Å². The molecule has 0 spiro atoms. The zero-order valence-corrected chi connectivity index (χ0v) is 10.4. The zero-order valence-electron chi connectivity index (χ0n) is 9.56. The molecule has 16 heavy (non-hydrogen) atoms. The second kappa shape index (κ2) is 6.57. The number of thiazole rings is 1. The Morgan fingerprint density at radius 1 is 1.69 bits per heavy atom. The second-order valence-corrected chi connectivity index (χ2v) is 4.67. The lowest BCUT2D eigenvalue weighted by molar-refractivity contribution is -0.122. The van der Waals surface area contributed by atoms with E-state index in [2.05, 4.69) is 10.3 Å². The van der Waals surface area contributed by atoms with Crippen molar-refractivity contribution in [1.82, 2.24) is 15.2 Å². The number of hydrogen-bond donors (Lipinski definition) is 2. The minimum Gasteiger partial charge on any atom is -0.395 e. The number of hydrogen-bond acceptors (Lipinski definition) is 5. The van der Waals surface area contributed by atoms with Crippen LogP contribution in [0.3, 0.4) is 0 Å². The number of aryl methyl sites for hydroxylation is 1. The van der Waals surface area contributed by atoms with Crippen LogP contribution in [0.25, 0.3) is 0 Å². The average Bonchev–Trinajstić information content (AvgIpc) is 2.60. The molecule has 1 aromatic heterocycles. The van der Waals surface area contributed by atoms with Crippen molar-refractivity contribution in [2.75, 3.05) is 26.7 Å². The molecular formula is C10H17N3O2S. The zero-order chi connectivity index (χ0) is 12.0. The summed E-state index contributed by atoms with van der Waals surface area (Å²) in [5.74, 6) is -0.0801. The number of aromatic nitrogens is 1. The van der Waals surface area contributed by atoms with E-state index in [4.69, 9.17) is 5.11 Å². The monoisotopic (exact) mass is 243 g/mol. The van der Waals surface area contributed by atoms with E-state index in [0.717, 1.165) is 10.7 Å². The minimum atomic E-state index is -0.0801. The Labute approximate surface area is 99.1 Å². The molecule has 90 valence electrons. The molecule has 1 rings (SSSR count). The second-order valence-electron chi connectivity index (χ2n) is 3.60. The van der Waals surface area contributed by atoms with E-state index in [-0.39, 0.29) is 12.5 Å². The van der Waals surface area contributed by atoms with Crippen molar-refractivity contribution in [2.24, 2.45) is 0 Å². The van der Waals surface area contributed by atoms with Gasteiger partial charge in [-0.1, -0.05) is 0 Å². The van der Waals surface area contributed by atoms with Gasteiger partial charge in [-0.2, -0.15) is 0 Å². The van der Waals surface area contributed by atoms with Gasteiger partial charge in [0.25, 0.3) is 0 Å². The molecule has 0 bridgehead atoms. The van der Waals surface area contributed by atoms with Crippen molar-refractivity contribution in [3.8, 4) is 0 Å². The molecule has 0 radical (unpaired) electrons. The van der Waals surface area contributed by atoms with Crippen LogP contribution in [-0.4, -0.2) is 47.6 Å². The lowest BCUT2D eigenvalue weighted by atomic mass is 10.4. The van der Waals surface area contributed by atoms with Gasteiger partial charge in [-0.15, -0.1) is 11.3 Å². The number of likely N-dealkylation sites (N-methyl/N-ethyl adjacent to an activating group) is 1. The molecule has 1 amide bonds. The van der Waals surface area contributed by atoms with Crippen LogP contribution in [0.2, 0.25) is 0 Å². The SMILES string of the molecule is Cc1nc(CN(C)CC(=O)NCCO)cs1. The van der Waals surface area contributed by atoms with Gasteiger partial charge in [0, 0.05) is 18.5 Å². The Morgan fingerprint density at radius 3 is 3.00 bits per heavy atom. The summed E-state index contributed by atoms with van der Waals surface area (Å²) in [4.78, 5) is 17.5. The number of nitrogens with one attached hydrogen (secondary N) is 1. The van der Waals surface area contributed by atoms with Crippen molar-refractivity contribution >= 4 is 17.2 Å². The average molecular weight is 243 g/mol. The highest BCUT2D eigenvalue weighted by atomic mass is 32.1. The highest BCUT2D eigenvalue weighted by molar-refractivity contribution is 7.09. The first-order valence-electron chi connectivity index (χ1n) is 5.09. The molecule has 1 aromatic rings. The molecule has 6 heteroatoms. The van der Waals surface area contributed by atoms with Gasteiger partial charge >= 0.3 is 0 Å². The smallest absolute Gasteiger partial charge is 0.234 e. The maximum absolute atomic E-state index is 11.3. The third kappa shape index (κ3) is 4.69. The van der Waals surface area contributed by atoms with Crippen LogP contribution in [0.5, 0.6) is 0 Å². The summed E-state index contributed by atoms with van der Waals surface area (Å²) in [5, 5.41) is 14.2. The fourth-order valence-electron chi connectivity index (χ4n) is 1.31. The van der Waals surface area contributed by atoms with Crippen LogP contribution in [0.4, 0.5) is 0 Å². The summed E-state index contributed by atoms with van der Waals surface area (Å²) in [7, 11) is 1.87. The molecule has 0 aliphatic heterocycles. The van der Waals surface area contributed by atoms with Gasteiger partial charge in [-0.25, -0.2) is 4.98 Å². The van der Waals surface area contributed by atoms with Crippen LogP contribution in [0.15, 0.2) is 5.38 Å². The predicted molar refractivity (Wildman–Crippen MR) is 63.3 cm³/mol. The first kappa shape index (κ1) is 13.1. The highest BCUT2D eigenvalue weighted by Gasteiger charge is 2.07. The summed E-state index contributed by atoms with van der Waals surface area (Å²) in [6, 6.07) is 0. The molecule has 0 unspecified atom stereocenters. The lowest BCUT2D eigenvalue weighted by Gasteiger charge is -2.14. The van der Waals surface area contributed by atoms with Gasteiger partial charge < -0.3 is 10.4 Å². The summed E-state index contributed by atoms with van der Waals surface area (Å²) in [5.41, 5.74) is 0.986. The molecule has 0 aromatic carbocycles. The number of aliphatic hydroxyl groups excluding tert-OH is 1. The van der Waals surface area contributed by atoms with Crippen molar-refractivity contribution in [1.29, 1.82) is 0 Å². The van der Waals surface area contributed by atoms with Crippen LogP contribution in [0, 0.1) is 6.92 Å². The molecule has 2 N–H and O–H groups in total. The highest BCUT2D eigenvalue weighted by Crippen LogP contribution is 2.09. The van der Waals surface area contributed by atoms with Crippen molar-refractivity contribution in [3.63, 3.8) is 0 Å². The van der Waals surface area contributed by atoms with Crippen LogP contribution in [-0.2, 0) is 11.3 Å². The predicted octanol–water partition coefficient (Wildman–Crippen LogP) is -0.00818. The third-order valence-electron chi connectivity index (χ3n) is 1.95. The van der Waals surface area contributed by atoms with Crippen molar-refractivity contribution < 1.29 is 9.90 Å². The maximum atomic E-state index is 11.3. The van der Waals surface area contributed by atoms with E-state index in [1.54, 1.807) is 11.3 Å². The molecule has 0 saturated carbocycles. The largest absolute Gasteiger partial charge is 0.395 e. The number of nitrogens with zero attached hydrogens (tertiary/aromatic N) is 2. The quantitative estimate of drug-likeness (QED) is 0.737. The van der Waals surface area contributed by atoms with Gasteiger partial charge in [0.1, 0.15) is 0 Å². The number of carbonyl (C=O) groups excluding carboxylic acids is 1. The minimum absolute atomic E-state index is 0.0270. The Balaban J connectivity index is 2.30. The van der Waals surface area contributed by atoms with Crippen molar-refractivity contribution in [3.05, 3.63) is 16.1 Å². The van der Waals surface area contributed by atoms with Gasteiger partial charge in [0.15, 0.2) is 0 Å². The molecule has 0 aliphatic carbocycles. The fourth-order valence-corrected chi connectivity index (χ4v) is 1.91. The van der Waals surface area contributed by atoms with E-state index < -0.39 is 0 Å². The summed E-state index contributed by atoms with van der Waals surface area (Å²) >= 11 is 1.61. The Kier molecular flexibility index (Phi) is 5.37. The molecule has 0 saturated heterocycles. The summed E-state index contributed by atoms with van der Waals surface area (Å²) in [6.45, 7) is 3.22. The van der Waals surface area contributed by atoms with Crippen molar-refractivity contribution in [2.45, 2.75) is 13.5 Å². The Morgan fingerprint density at radius 2 is 2.44 bits per heavy atom. The number of amides is 1. The maximum Gasteiger partial charge on any atom is 0.234 e. The lowest BCUT2D eigenvalue weighted by Crippen LogP contribution is -2.36. The van der Waals surface area contributed by atoms with E-state index in [1.165, 1.54) is 0 Å². The van der Waals surface area contributed by atoms with Gasteiger partial charge in [0.05, 0.1) is 23.9 Å². The number of carbonyl (C=O) groups is 1. The van der Waals surface area contributed by atoms with Crippen LogP contribution >= 0.6 is 11.3 Å². The summed E-state index contributed by atoms with van der Waals surface area (Å²) < 4.78 is 0. The third-order valence-corrected chi connectivity index (χ3v) is 2.77. The molecular weight excluding hydrogens is 226 g/mol. The van der Waals surface area contributed by atoms with Gasteiger partial charge in [-0.05, 0) is 14.0 Å². The molecule has 0 atom stereocenters. The van der Waals surface area contributed by atoms with Crippen LogP contribution < -0.4 is 5.32 Å². The molecule has 0 fully saturated rings. The summed E-state index contributed by atoms with van der Waals surface area (Å²) in [6.07, 6.45) is 0. The topological polar surface area (TPSA) is 65.5 Å². The van der Waals surface area contributed by atoms with Crippen LogP contribution in [0.1, 0.15) is 10.7 Å². The normalized spacial score (nSPS) is 10.8. The first-order valence-corrected chi connectivity index (χ1v) is 5.97. The van der Waals surface area contributed by atoms with E-state index in [1.807, 2.05) is 24.3 Å². The molecule has 5 nitrogen and oxygen atoms in total.